The monoisotopic (exact) mass is 478 g/mol. The van der Waals surface area contributed by atoms with Crippen molar-refractivity contribution >= 4 is 50.9 Å². The minimum absolute atomic E-state index is 0.313. The van der Waals surface area contributed by atoms with Crippen molar-refractivity contribution in [3.63, 3.8) is 0 Å². The third-order valence-corrected chi connectivity index (χ3v) is 5.62. The molecular weight excluding hydrogens is 464 g/mol. The van der Waals surface area contributed by atoms with Gasteiger partial charge in [0.2, 0.25) is 0 Å². The molecule has 0 saturated carbocycles. The molecule has 0 aliphatic carbocycles. The third kappa shape index (κ3) is 4.79. The van der Waals surface area contributed by atoms with E-state index in [2.05, 4.69) is 26.2 Å². The number of anilines is 1. The lowest BCUT2D eigenvalue weighted by atomic mass is 10.2. The van der Waals surface area contributed by atoms with Crippen molar-refractivity contribution in [2.75, 3.05) is 19.5 Å². The summed E-state index contributed by atoms with van der Waals surface area (Å²) in [7, 11) is 3.03. The number of aromatic nitrogens is 1. The van der Waals surface area contributed by atoms with Crippen LogP contribution < -0.4 is 14.8 Å². The number of pyridine rings is 1. The zero-order valence-corrected chi connectivity index (χ0v) is 18.2. The van der Waals surface area contributed by atoms with Crippen LogP contribution in [0.5, 0.6) is 11.5 Å². The number of nitrogens with one attached hydrogen (secondary N) is 1. The molecule has 0 radical (unpaired) electrons. The maximum Gasteiger partial charge on any atom is 0.258 e. The standard InChI is InChI=1S/C20H16BrClN2O3S/c1-26-17-11-18(27-2)16(10-15(17)22)24-19(25)14-4-3-9-23-20(14)28-13-7-5-12(21)6-8-13/h3-11H,1-2H3,(H,24,25). The Labute approximate surface area is 180 Å². The molecule has 8 heteroatoms. The highest BCUT2D eigenvalue weighted by atomic mass is 79.9. The molecule has 0 aliphatic rings. The van der Waals surface area contributed by atoms with Crippen molar-refractivity contribution in [1.82, 2.24) is 4.98 Å². The van der Waals surface area contributed by atoms with Gasteiger partial charge in [-0.15, -0.1) is 0 Å². The second kappa shape index (κ2) is 9.32. The average molecular weight is 480 g/mol. The Morgan fingerprint density at radius 2 is 1.82 bits per heavy atom. The van der Waals surface area contributed by atoms with Crippen molar-refractivity contribution in [1.29, 1.82) is 0 Å². The minimum atomic E-state index is -0.313. The zero-order chi connectivity index (χ0) is 20.1. The van der Waals surface area contributed by atoms with Crippen LogP contribution in [0.2, 0.25) is 5.02 Å². The van der Waals surface area contributed by atoms with Crippen molar-refractivity contribution in [2.24, 2.45) is 0 Å². The SMILES string of the molecule is COc1cc(OC)c(NC(=O)c2cccnc2Sc2ccc(Br)cc2)cc1Cl. The second-order valence-electron chi connectivity index (χ2n) is 5.55. The molecule has 3 rings (SSSR count). The maximum absolute atomic E-state index is 12.9. The number of benzene rings is 2. The van der Waals surface area contributed by atoms with E-state index >= 15 is 0 Å². The quantitative estimate of drug-likeness (QED) is 0.476. The van der Waals surface area contributed by atoms with Crippen molar-refractivity contribution in [2.45, 2.75) is 9.92 Å². The molecule has 0 bridgehead atoms. The lowest BCUT2D eigenvalue weighted by molar-refractivity contribution is 0.102. The van der Waals surface area contributed by atoms with Gasteiger partial charge in [-0.05, 0) is 42.5 Å². The number of ether oxygens (including phenoxy) is 2. The maximum atomic E-state index is 12.9. The Hall–Kier alpha value is -2.22. The normalized spacial score (nSPS) is 10.4. The molecule has 0 unspecified atom stereocenters. The van der Waals surface area contributed by atoms with Gasteiger partial charge in [0.15, 0.2) is 0 Å². The smallest absolute Gasteiger partial charge is 0.258 e. The second-order valence-corrected chi connectivity index (χ2v) is 7.94. The predicted octanol–water partition coefficient (Wildman–Crippen LogP) is 5.92. The summed E-state index contributed by atoms with van der Waals surface area (Å²) in [5.74, 6) is 0.595. The van der Waals surface area contributed by atoms with Gasteiger partial charge in [-0.25, -0.2) is 4.98 Å². The number of carbonyl (C=O) groups excluding carboxylic acids is 1. The van der Waals surface area contributed by atoms with E-state index in [0.29, 0.717) is 32.8 Å². The largest absolute Gasteiger partial charge is 0.495 e. The van der Waals surface area contributed by atoms with Crippen LogP contribution in [-0.2, 0) is 0 Å². The van der Waals surface area contributed by atoms with E-state index in [1.807, 2.05) is 24.3 Å². The number of hydrogen-bond donors (Lipinski definition) is 1. The molecule has 1 heterocycles. The summed E-state index contributed by atoms with van der Waals surface area (Å²) in [5.41, 5.74) is 0.895. The van der Waals surface area contributed by atoms with Crippen LogP contribution in [0.4, 0.5) is 5.69 Å². The first-order valence-corrected chi connectivity index (χ1v) is 10.1. The summed E-state index contributed by atoms with van der Waals surface area (Å²) in [5, 5.41) is 3.81. The molecule has 5 nitrogen and oxygen atoms in total. The highest BCUT2D eigenvalue weighted by molar-refractivity contribution is 9.10. The van der Waals surface area contributed by atoms with Crippen LogP contribution in [0.3, 0.4) is 0 Å². The molecule has 3 aromatic rings. The summed E-state index contributed by atoms with van der Waals surface area (Å²) in [4.78, 5) is 18.2. The Balaban J connectivity index is 1.87. The number of hydrogen-bond acceptors (Lipinski definition) is 5. The Bertz CT molecular complexity index is 999. The van der Waals surface area contributed by atoms with E-state index in [-0.39, 0.29) is 5.91 Å². The van der Waals surface area contributed by atoms with Crippen LogP contribution in [-0.4, -0.2) is 25.1 Å². The number of rotatable bonds is 6. The molecular formula is C20H16BrClN2O3S. The van der Waals surface area contributed by atoms with Gasteiger partial charge in [-0.2, -0.15) is 0 Å². The van der Waals surface area contributed by atoms with E-state index in [9.17, 15) is 4.79 Å². The molecule has 1 N–H and O–H groups in total. The van der Waals surface area contributed by atoms with Gasteiger partial charge in [-0.3, -0.25) is 4.79 Å². The lowest BCUT2D eigenvalue weighted by Crippen LogP contribution is -2.14. The van der Waals surface area contributed by atoms with Crippen molar-refractivity contribution < 1.29 is 14.3 Å². The minimum Gasteiger partial charge on any atom is -0.495 e. The summed E-state index contributed by atoms with van der Waals surface area (Å²) in [6, 6.07) is 14.5. The fourth-order valence-corrected chi connectivity index (χ4v) is 3.79. The average Bonchev–Trinajstić information content (AvgIpc) is 2.70. The molecule has 2 aromatic carbocycles. The molecule has 0 spiro atoms. The first-order chi connectivity index (χ1) is 13.5. The van der Waals surface area contributed by atoms with E-state index in [0.717, 1.165) is 9.37 Å². The van der Waals surface area contributed by atoms with Gasteiger partial charge in [0.25, 0.3) is 5.91 Å². The Morgan fingerprint density at radius 1 is 1.11 bits per heavy atom. The molecule has 144 valence electrons. The van der Waals surface area contributed by atoms with Gasteiger partial charge in [0.05, 0.1) is 30.5 Å². The van der Waals surface area contributed by atoms with E-state index in [4.69, 9.17) is 21.1 Å². The van der Waals surface area contributed by atoms with E-state index < -0.39 is 0 Å². The third-order valence-electron chi connectivity index (χ3n) is 3.77. The number of halogens is 2. The van der Waals surface area contributed by atoms with Gasteiger partial charge in [0.1, 0.15) is 16.5 Å². The van der Waals surface area contributed by atoms with Crippen LogP contribution in [0.15, 0.2) is 69.1 Å². The number of amides is 1. The van der Waals surface area contributed by atoms with Gasteiger partial charge in [0, 0.05) is 21.6 Å². The number of methoxy groups -OCH3 is 2. The molecule has 1 aromatic heterocycles. The Kier molecular flexibility index (Phi) is 6.83. The number of nitrogens with zero attached hydrogens (tertiary/aromatic N) is 1. The van der Waals surface area contributed by atoms with Gasteiger partial charge < -0.3 is 14.8 Å². The van der Waals surface area contributed by atoms with Gasteiger partial charge in [-0.1, -0.05) is 39.3 Å². The Morgan fingerprint density at radius 3 is 2.50 bits per heavy atom. The topological polar surface area (TPSA) is 60.5 Å². The summed E-state index contributed by atoms with van der Waals surface area (Å²) in [6.07, 6.45) is 1.66. The summed E-state index contributed by atoms with van der Waals surface area (Å²) in [6.45, 7) is 0. The van der Waals surface area contributed by atoms with E-state index in [1.165, 1.54) is 26.0 Å². The van der Waals surface area contributed by atoms with Gasteiger partial charge >= 0.3 is 0 Å². The first kappa shape index (κ1) is 20.5. The fraction of sp³-hybridized carbons (Fsp3) is 0.100. The fourth-order valence-electron chi connectivity index (χ4n) is 2.41. The zero-order valence-electron chi connectivity index (χ0n) is 15.0. The van der Waals surface area contributed by atoms with Crippen LogP contribution in [0, 0.1) is 0 Å². The van der Waals surface area contributed by atoms with Crippen LogP contribution >= 0.6 is 39.3 Å². The lowest BCUT2D eigenvalue weighted by Gasteiger charge is -2.14. The molecule has 28 heavy (non-hydrogen) atoms. The molecule has 0 atom stereocenters. The summed E-state index contributed by atoms with van der Waals surface area (Å²) < 4.78 is 11.5. The molecule has 0 saturated heterocycles. The summed E-state index contributed by atoms with van der Waals surface area (Å²) >= 11 is 11.0. The van der Waals surface area contributed by atoms with Crippen molar-refractivity contribution in [3.8, 4) is 11.5 Å². The molecule has 1 amide bonds. The molecule has 0 aliphatic heterocycles. The van der Waals surface area contributed by atoms with Crippen LogP contribution in [0.1, 0.15) is 10.4 Å². The van der Waals surface area contributed by atoms with Crippen LogP contribution in [0.25, 0.3) is 0 Å². The first-order valence-electron chi connectivity index (χ1n) is 8.13. The molecule has 0 fully saturated rings. The van der Waals surface area contributed by atoms with Crippen molar-refractivity contribution in [3.05, 3.63) is 69.8 Å². The highest BCUT2D eigenvalue weighted by Crippen LogP contribution is 2.36. The predicted molar refractivity (Wildman–Crippen MR) is 115 cm³/mol. The highest BCUT2D eigenvalue weighted by Gasteiger charge is 2.17. The number of carbonyl (C=O) groups is 1. The van der Waals surface area contributed by atoms with E-state index in [1.54, 1.807) is 30.5 Å².